The molecular formula is C29H29N3O5S2. The molecule has 0 radical (unpaired) electrons. The molecule has 0 spiro atoms. The molecule has 0 aliphatic rings. The SMILES string of the molecule is Cc1ccc(S(=O)(=O)N(Cc2ccccc2)c2ccccc2C(=O)Nc2cccc(N(C)S(C)(=O)=O)c2)cc1. The van der Waals surface area contributed by atoms with Gasteiger partial charge in [0.25, 0.3) is 15.9 Å². The van der Waals surface area contributed by atoms with Crippen LogP contribution in [0.25, 0.3) is 0 Å². The Morgan fingerprint density at radius 2 is 1.44 bits per heavy atom. The van der Waals surface area contributed by atoms with Gasteiger partial charge in [0.05, 0.1) is 34.6 Å². The molecule has 4 aromatic rings. The third-order valence-electron chi connectivity index (χ3n) is 6.16. The van der Waals surface area contributed by atoms with E-state index in [1.807, 2.05) is 37.3 Å². The molecule has 39 heavy (non-hydrogen) atoms. The predicted octanol–water partition coefficient (Wildman–Crippen LogP) is 5.04. The Labute approximate surface area is 229 Å². The second kappa shape index (κ2) is 11.3. The van der Waals surface area contributed by atoms with E-state index < -0.39 is 26.0 Å². The fraction of sp³-hybridized carbons (Fsp3) is 0.138. The van der Waals surface area contributed by atoms with Gasteiger partial charge in [0, 0.05) is 12.7 Å². The number of sulfonamides is 2. The number of para-hydroxylation sites is 1. The summed E-state index contributed by atoms with van der Waals surface area (Å²) < 4.78 is 54.1. The molecule has 10 heteroatoms. The lowest BCUT2D eigenvalue weighted by Crippen LogP contribution is -2.32. The van der Waals surface area contributed by atoms with Crippen molar-refractivity contribution in [3.05, 3.63) is 120 Å². The van der Waals surface area contributed by atoms with Crippen molar-refractivity contribution in [3.63, 3.8) is 0 Å². The van der Waals surface area contributed by atoms with Crippen molar-refractivity contribution < 1.29 is 21.6 Å². The van der Waals surface area contributed by atoms with Crippen LogP contribution in [0.4, 0.5) is 17.1 Å². The van der Waals surface area contributed by atoms with Crippen LogP contribution in [0.5, 0.6) is 0 Å². The minimum absolute atomic E-state index is 0.00990. The minimum atomic E-state index is -4.05. The number of benzene rings is 4. The first-order valence-electron chi connectivity index (χ1n) is 12.0. The first kappa shape index (κ1) is 27.9. The number of anilines is 3. The van der Waals surface area contributed by atoms with Crippen LogP contribution in [0.3, 0.4) is 0 Å². The largest absolute Gasteiger partial charge is 0.322 e. The summed E-state index contributed by atoms with van der Waals surface area (Å²) in [6.07, 6.45) is 1.09. The van der Waals surface area contributed by atoms with Crippen LogP contribution in [-0.4, -0.2) is 36.0 Å². The Morgan fingerprint density at radius 1 is 0.795 bits per heavy atom. The molecule has 8 nitrogen and oxygen atoms in total. The van der Waals surface area contributed by atoms with Gasteiger partial charge in [-0.25, -0.2) is 16.8 Å². The van der Waals surface area contributed by atoms with Crippen LogP contribution in [0, 0.1) is 6.92 Å². The smallest absolute Gasteiger partial charge is 0.264 e. The molecule has 0 atom stereocenters. The predicted molar refractivity (Wildman–Crippen MR) is 155 cm³/mol. The molecule has 0 bridgehead atoms. The van der Waals surface area contributed by atoms with Crippen molar-refractivity contribution in [2.45, 2.75) is 18.4 Å². The van der Waals surface area contributed by atoms with E-state index in [2.05, 4.69) is 5.32 Å². The van der Waals surface area contributed by atoms with Crippen LogP contribution < -0.4 is 13.9 Å². The molecule has 0 unspecified atom stereocenters. The molecule has 4 rings (SSSR count). The van der Waals surface area contributed by atoms with Crippen molar-refractivity contribution in [1.29, 1.82) is 0 Å². The highest BCUT2D eigenvalue weighted by Gasteiger charge is 2.28. The van der Waals surface area contributed by atoms with Gasteiger partial charge in [0.15, 0.2) is 0 Å². The quantitative estimate of drug-likeness (QED) is 0.307. The molecule has 0 saturated heterocycles. The molecule has 4 aromatic carbocycles. The Morgan fingerprint density at radius 3 is 2.10 bits per heavy atom. The Hall–Kier alpha value is -4.15. The van der Waals surface area contributed by atoms with Crippen molar-refractivity contribution in [3.8, 4) is 0 Å². The van der Waals surface area contributed by atoms with E-state index in [9.17, 15) is 21.6 Å². The average molecular weight is 564 g/mol. The number of nitrogens with one attached hydrogen (secondary N) is 1. The van der Waals surface area contributed by atoms with Gasteiger partial charge in [0.2, 0.25) is 10.0 Å². The Bertz CT molecular complexity index is 1690. The number of rotatable bonds is 9. The molecule has 0 aliphatic heterocycles. The summed E-state index contributed by atoms with van der Waals surface area (Å²) in [4.78, 5) is 13.6. The summed E-state index contributed by atoms with van der Waals surface area (Å²) in [7, 11) is -6.13. The van der Waals surface area contributed by atoms with Gasteiger partial charge < -0.3 is 5.32 Å². The Kier molecular flexibility index (Phi) is 8.08. The van der Waals surface area contributed by atoms with Crippen molar-refractivity contribution in [2.24, 2.45) is 0 Å². The summed E-state index contributed by atoms with van der Waals surface area (Å²) in [5, 5.41) is 2.78. The average Bonchev–Trinajstić information content (AvgIpc) is 2.91. The number of hydrogen-bond acceptors (Lipinski definition) is 5. The number of aryl methyl sites for hydroxylation is 1. The van der Waals surface area contributed by atoms with E-state index in [0.29, 0.717) is 11.4 Å². The molecule has 0 fully saturated rings. The molecular weight excluding hydrogens is 534 g/mol. The van der Waals surface area contributed by atoms with Crippen molar-refractivity contribution in [1.82, 2.24) is 0 Å². The lowest BCUT2D eigenvalue weighted by atomic mass is 10.1. The normalized spacial score (nSPS) is 11.6. The first-order chi connectivity index (χ1) is 18.5. The van der Waals surface area contributed by atoms with Gasteiger partial charge in [-0.3, -0.25) is 13.4 Å². The summed E-state index contributed by atoms with van der Waals surface area (Å²) in [5.41, 5.74) is 2.76. The van der Waals surface area contributed by atoms with Crippen LogP contribution >= 0.6 is 0 Å². The highest BCUT2D eigenvalue weighted by Crippen LogP contribution is 2.30. The second-order valence-corrected chi connectivity index (χ2v) is 12.9. The molecule has 0 heterocycles. The van der Waals surface area contributed by atoms with E-state index in [1.54, 1.807) is 66.7 Å². The van der Waals surface area contributed by atoms with E-state index in [-0.39, 0.29) is 22.7 Å². The third kappa shape index (κ3) is 6.47. The van der Waals surface area contributed by atoms with Crippen molar-refractivity contribution >= 4 is 43.0 Å². The maximum Gasteiger partial charge on any atom is 0.264 e. The Balaban J connectivity index is 1.75. The molecule has 1 N–H and O–H groups in total. The van der Waals surface area contributed by atoms with Gasteiger partial charge in [0.1, 0.15) is 0 Å². The lowest BCUT2D eigenvalue weighted by molar-refractivity contribution is 0.102. The van der Waals surface area contributed by atoms with Crippen LogP contribution in [0.1, 0.15) is 21.5 Å². The molecule has 0 aromatic heterocycles. The van der Waals surface area contributed by atoms with E-state index in [0.717, 1.165) is 21.7 Å². The molecule has 202 valence electrons. The van der Waals surface area contributed by atoms with Gasteiger partial charge >= 0.3 is 0 Å². The zero-order chi connectivity index (χ0) is 28.2. The van der Waals surface area contributed by atoms with Crippen LogP contribution in [0.2, 0.25) is 0 Å². The summed E-state index contributed by atoms with van der Waals surface area (Å²) in [6, 6.07) is 28.6. The van der Waals surface area contributed by atoms with Gasteiger partial charge in [-0.15, -0.1) is 0 Å². The molecule has 1 amide bonds. The van der Waals surface area contributed by atoms with E-state index in [4.69, 9.17) is 0 Å². The topological polar surface area (TPSA) is 104 Å². The number of carbonyl (C=O) groups excluding carboxylic acids is 1. The molecule has 0 aliphatic carbocycles. The summed E-state index contributed by atoms with van der Waals surface area (Å²) in [5.74, 6) is -0.540. The van der Waals surface area contributed by atoms with Gasteiger partial charge in [-0.2, -0.15) is 0 Å². The van der Waals surface area contributed by atoms with E-state index >= 15 is 0 Å². The van der Waals surface area contributed by atoms with Gasteiger partial charge in [-0.1, -0.05) is 66.2 Å². The molecule has 0 saturated carbocycles. The summed E-state index contributed by atoms with van der Waals surface area (Å²) in [6.45, 7) is 1.89. The fourth-order valence-electron chi connectivity index (χ4n) is 3.94. The van der Waals surface area contributed by atoms with Crippen LogP contribution in [-0.2, 0) is 26.6 Å². The highest BCUT2D eigenvalue weighted by atomic mass is 32.2. The second-order valence-electron chi connectivity index (χ2n) is 9.06. The first-order valence-corrected chi connectivity index (χ1v) is 15.3. The number of nitrogens with zero attached hydrogens (tertiary/aromatic N) is 2. The lowest BCUT2D eigenvalue weighted by Gasteiger charge is -2.27. The third-order valence-corrected chi connectivity index (χ3v) is 9.14. The highest BCUT2D eigenvalue weighted by molar-refractivity contribution is 7.93. The minimum Gasteiger partial charge on any atom is -0.322 e. The standard InChI is InChI=1S/C29H29N3O5S2/c1-22-16-18-26(19-17-22)39(36,37)32(21-23-10-5-4-6-11-23)28-15-8-7-14-27(28)29(33)30-24-12-9-13-25(20-24)31(2)38(3,34)35/h4-20H,21H2,1-3H3,(H,30,33). The van der Waals surface area contributed by atoms with Crippen LogP contribution in [0.15, 0.2) is 108 Å². The summed E-state index contributed by atoms with van der Waals surface area (Å²) >= 11 is 0. The monoisotopic (exact) mass is 563 g/mol. The zero-order valence-electron chi connectivity index (χ0n) is 21.8. The number of carbonyl (C=O) groups is 1. The number of amides is 1. The number of hydrogen-bond donors (Lipinski definition) is 1. The fourth-order valence-corrected chi connectivity index (χ4v) is 5.91. The van der Waals surface area contributed by atoms with Crippen molar-refractivity contribution in [2.75, 3.05) is 27.2 Å². The van der Waals surface area contributed by atoms with Gasteiger partial charge in [-0.05, 0) is 55.0 Å². The van der Waals surface area contributed by atoms with E-state index in [1.165, 1.54) is 17.4 Å². The maximum absolute atomic E-state index is 13.9. The zero-order valence-corrected chi connectivity index (χ0v) is 23.4. The maximum atomic E-state index is 13.9.